The number of hydrogen-bond acceptors (Lipinski definition) is 5. The van der Waals surface area contributed by atoms with Crippen LogP contribution in [0.4, 0.5) is 5.82 Å². The van der Waals surface area contributed by atoms with Crippen LogP contribution in [0.3, 0.4) is 0 Å². The van der Waals surface area contributed by atoms with Crippen LogP contribution in [0.25, 0.3) is 0 Å². The van der Waals surface area contributed by atoms with E-state index in [1.54, 1.807) is 6.20 Å². The summed E-state index contributed by atoms with van der Waals surface area (Å²) < 4.78 is 5.09. The van der Waals surface area contributed by atoms with Crippen LogP contribution in [0.5, 0.6) is 0 Å². The summed E-state index contributed by atoms with van der Waals surface area (Å²) in [5, 5.41) is 2.97. The van der Waals surface area contributed by atoms with Gasteiger partial charge in [-0.2, -0.15) is 0 Å². The van der Waals surface area contributed by atoms with Gasteiger partial charge in [0.1, 0.15) is 5.82 Å². The van der Waals surface area contributed by atoms with Crippen LogP contribution in [-0.4, -0.2) is 47.5 Å². The van der Waals surface area contributed by atoms with Gasteiger partial charge in [-0.25, -0.2) is 4.98 Å². The Labute approximate surface area is 154 Å². The van der Waals surface area contributed by atoms with Gasteiger partial charge in [0.2, 0.25) is 5.91 Å². The number of anilines is 1. The summed E-state index contributed by atoms with van der Waals surface area (Å²) in [5.74, 6) is 1.19. The molecule has 6 heteroatoms. The van der Waals surface area contributed by atoms with Crippen molar-refractivity contribution in [3.63, 3.8) is 0 Å². The van der Waals surface area contributed by atoms with Gasteiger partial charge in [-0.15, -0.1) is 0 Å². The molecule has 1 saturated heterocycles. The van der Waals surface area contributed by atoms with Crippen LogP contribution in [0, 0.1) is 5.92 Å². The Bertz CT molecular complexity index is 697. The topological polar surface area (TPSA) is 71.5 Å². The quantitative estimate of drug-likeness (QED) is 0.838. The number of carbonyl (C=O) groups excluding carboxylic acids is 2. The predicted molar refractivity (Wildman–Crippen MR) is 97.7 cm³/mol. The fourth-order valence-electron chi connectivity index (χ4n) is 5.01. The Hall–Kier alpha value is -1.95. The van der Waals surface area contributed by atoms with Crippen LogP contribution < -0.4 is 5.32 Å². The zero-order chi connectivity index (χ0) is 18.1. The molecule has 26 heavy (non-hydrogen) atoms. The molecule has 1 saturated carbocycles. The molecule has 140 valence electrons. The summed E-state index contributed by atoms with van der Waals surface area (Å²) in [6.07, 6.45) is 7.12. The Kier molecular flexibility index (Phi) is 4.69. The van der Waals surface area contributed by atoms with E-state index in [9.17, 15) is 9.59 Å². The number of likely N-dealkylation sites (tertiary alicyclic amines) is 1. The molecule has 6 nitrogen and oxygen atoms in total. The maximum Gasteiger partial charge on any atom is 0.306 e. The van der Waals surface area contributed by atoms with Crippen LogP contribution >= 0.6 is 0 Å². The fraction of sp³-hybridized carbons (Fsp3) is 0.650. The lowest BCUT2D eigenvalue weighted by atomic mass is 9.69. The SMILES string of the molecule is CCOC(=O)C[C@H]1CCN(C2CCC3(CC2)C(=O)Nc2ncccc23)C1. The summed E-state index contributed by atoms with van der Waals surface area (Å²) in [6, 6.07) is 4.49. The third-order valence-corrected chi connectivity index (χ3v) is 6.39. The minimum Gasteiger partial charge on any atom is -0.466 e. The van der Waals surface area contributed by atoms with Gasteiger partial charge in [-0.1, -0.05) is 6.07 Å². The highest BCUT2D eigenvalue weighted by molar-refractivity contribution is 6.05. The van der Waals surface area contributed by atoms with Gasteiger partial charge in [-0.05, 0) is 57.6 Å². The normalized spacial score (nSPS) is 31.0. The lowest BCUT2D eigenvalue weighted by Gasteiger charge is -2.39. The van der Waals surface area contributed by atoms with Crippen LogP contribution in [-0.2, 0) is 19.7 Å². The lowest BCUT2D eigenvalue weighted by Crippen LogP contribution is -2.44. The Balaban J connectivity index is 1.36. The van der Waals surface area contributed by atoms with Gasteiger partial charge < -0.3 is 15.0 Å². The van der Waals surface area contributed by atoms with E-state index in [1.807, 2.05) is 19.1 Å². The number of carbonyl (C=O) groups is 2. The van der Waals surface area contributed by atoms with Crippen molar-refractivity contribution in [2.75, 3.05) is 25.0 Å². The number of fused-ring (bicyclic) bond motifs is 2. The average Bonchev–Trinajstić information content (AvgIpc) is 3.20. The van der Waals surface area contributed by atoms with Gasteiger partial charge in [0.05, 0.1) is 12.0 Å². The van der Waals surface area contributed by atoms with Crippen molar-refractivity contribution in [3.05, 3.63) is 23.9 Å². The number of pyridine rings is 1. The summed E-state index contributed by atoms with van der Waals surface area (Å²) in [5.41, 5.74) is 0.689. The van der Waals surface area contributed by atoms with Gasteiger partial charge in [0.15, 0.2) is 0 Å². The number of nitrogens with zero attached hydrogens (tertiary/aromatic N) is 2. The number of amides is 1. The molecule has 1 aliphatic carbocycles. The molecule has 4 rings (SSSR count). The first-order valence-electron chi connectivity index (χ1n) is 9.79. The van der Waals surface area contributed by atoms with Crippen LogP contribution in [0.1, 0.15) is 51.0 Å². The van der Waals surface area contributed by atoms with Crippen LogP contribution in [0.2, 0.25) is 0 Å². The van der Waals surface area contributed by atoms with Gasteiger partial charge in [0, 0.05) is 30.8 Å². The van der Waals surface area contributed by atoms with E-state index < -0.39 is 0 Å². The molecule has 2 aliphatic heterocycles. The van der Waals surface area contributed by atoms with Crippen molar-refractivity contribution in [2.45, 2.75) is 56.9 Å². The standard InChI is InChI=1S/C20H27N3O3/c1-2-26-17(24)12-14-7-11-23(13-14)15-5-8-20(9-6-15)16-4-3-10-21-18(16)22-19(20)25/h3-4,10,14-15H,2,5-9,11-13H2,1H3,(H,21,22,25)/t14-,15?,20?/m1/s1. The second-order valence-corrected chi connectivity index (χ2v) is 7.83. The Morgan fingerprint density at radius 2 is 2.19 bits per heavy atom. The summed E-state index contributed by atoms with van der Waals surface area (Å²) >= 11 is 0. The molecule has 1 spiro atoms. The minimum atomic E-state index is -0.385. The van der Waals surface area contributed by atoms with E-state index >= 15 is 0 Å². The van der Waals surface area contributed by atoms with Crippen molar-refractivity contribution in [2.24, 2.45) is 5.92 Å². The molecule has 1 aromatic heterocycles. The number of esters is 1. The van der Waals surface area contributed by atoms with E-state index in [1.165, 1.54) is 0 Å². The molecule has 0 bridgehead atoms. The van der Waals surface area contributed by atoms with Gasteiger partial charge in [0.25, 0.3) is 0 Å². The molecule has 3 heterocycles. The van der Waals surface area contributed by atoms with Gasteiger partial charge in [-0.3, -0.25) is 9.59 Å². The molecule has 1 atom stereocenters. The summed E-state index contributed by atoms with van der Waals surface area (Å²) in [4.78, 5) is 31.2. The van der Waals surface area contributed by atoms with E-state index in [4.69, 9.17) is 4.74 Å². The van der Waals surface area contributed by atoms with E-state index in [2.05, 4.69) is 15.2 Å². The number of rotatable bonds is 4. The molecular weight excluding hydrogens is 330 g/mol. The average molecular weight is 357 g/mol. The second kappa shape index (κ2) is 6.99. The molecule has 0 unspecified atom stereocenters. The van der Waals surface area contributed by atoms with Crippen molar-refractivity contribution >= 4 is 17.7 Å². The first-order chi connectivity index (χ1) is 12.6. The third-order valence-electron chi connectivity index (χ3n) is 6.39. The summed E-state index contributed by atoms with van der Waals surface area (Å²) in [6.45, 7) is 4.33. The monoisotopic (exact) mass is 357 g/mol. The highest BCUT2D eigenvalue weighted by Crippen LogP contribution is 2.47. The van der Waals surface area contributed by atoms with E-state index in [0.29, 0.717) is 25.0 Å². The first kappa shape index (κ1) is 17.5. The fourth-order valence-corrected chi connectivity index (χ4v) is 5.01. The number of nitrogens with one attached hydrogen (secondary N) is 1. The highest BCUT2D eigenvalue weighted by Gasteiger charge is 2.50. The van der Waals surface area contributed by atoms with Crippen molar-refractivity contribution < 1.29 is 14.3 Å². The Morgan fingerprint density at radius 1 is 1.38 bits per heavy atom. The van der Waals surface area contributed by atoms with Crippen molar-refractivity contribution in [1.82, 2.24) is 9.88 Å². The molecule has 0 aromatic carbocycles. The zero-order valence-corrected chi connectivity index (χ0v) is 15.4. The second-order valence-electron chi connectivity index (χ2n) is 7.83. The van der Waals surface area contributed by atoms with Gasteiger partial charge >= 0.3 is 5.97 Å². The van der Waals surface area contributed by atoms with E-state index in [0.717, 1.165) is 56.6 Å². The molecule has 0 radical (unpaired) electrons. The predicted octanol–water partition coefficient (Wildman–Crippen LogP) is 2.49. The molecule has 3 aliphatic rings. The maximum absolute atomic E-state index is 12.7. The minimum absolute atomic E-state index is 0.0753. The molecule has 2 fully saturated rings. The zero-order valence-electron chi connectivity index (χ0n) is 15.4. The largest absolute Gasteiger partial charge is 0.466 e. The smallest absolute Gasteiger partial charge is 0.306 e. The number of hydrogen-bond donors (Lipinski definition) is 1. The summed E-state index contributed by atoms with van der Waals surface area (Å²) in [7, 11) is 0. The highest BCUT2D eigenvalue weighted by atomic mass is 16.5. The number of ether oxygens (including phenoxy) is 1. The molecule has 1 N–H and O–H groups in total. The van der Waals surface area contributed by atoms with Crippen molar-refractivity contribution in [1.29, 1.82) is 0 Å². The lowest BCUT2D eigenvalue weighted by molar-refractivity contribution is -0.144. The van der Waals surface area contributed by atoms with E-state index in [-0.39, 0.29) is 17.3 Å². The maximum atomic E-state index is 12.7. The van der Waals surface area contributed by atoms with Crippen molar-refractivity contribution in [3.8, 4) is 0 Å². The number of aromatic nitrogens is 1. The first-order valence-corrected chi connectivity index (χ1v) is 9.79. The third kappa shape index (κ3) is 3.00. The molecule has 1 aromatic rings. The molecule has 1 amide bonds. The van der Waals surface area contributed by atoms with Crippen LogP contribution in [0.15, 0.2) is 18.3 Å². The molecular formula is C20H27N3O3. The Morgan fingerprint density at radius 3 is 2.96 bits per heavy atom.